The Morgan fingerprint density at radius 2 is 0.611 bits per heavy atom. The normalized spacial score (nSPS) is 13.3. The molecule has 2 unspecified atom stereocenters. The number of carbonyl (C=O) groups is 2. The third-order valence-corrected chi connectivity index (χ3v) is 18.0. The van der Waals surface area contributed by atoms with Gasteiger partial charge in [-0.05, 0) is 70.6 Å². The van der Waals surface area contributed by atoms with Crippen molar-refractivity contribution in [1.29, 1.82) is 0 Å². The van der Waals surface area contributed by atoms with Crippen LogP contribution < -0.4 is 5.73 Å². The molecule has 0 aromatic heterocycles. The van der Waals surface area contributed by atoms with E-state index in [0.29, 0.717) is 6.42 Å². The van der Waals surface area contributed by atoms with Gasteiger partial charge < -0.3 is 20.1 Å². The van der Waals surface area contributed by atoms with Crippen molar-refractivity contribution in [1.82, 2.24) is 0 Å². The predicted octanol–water partition coefficient (Wildman–Crippen LogP) is 25.7. The predicted molar refractivity (Wildman–Crippen MR) is 390 cm³/mol. The Labute approximate surface area is 557 Å². The van der Waals surface area contributed by atoms with E-state index in [4.69, 9.17) is 24.3 Å². The van der Waals surface area contributed by atoms with Crippen molar-refractivity contribution in [2.45, 2.75) is 386 Å². The largest absolute Gasteiger partial charge is 0.472 e. The average Bonchev–Trinajstić information content (AvgIpc) is 3.75. The summed E-state index contributed by atoms with van der Waals surface area (Å²) in [5, 5.41) is 0. The molecule has 10 heteroatoms. The van der Waals surface area contributed by atoms with Gasteiger partial charge in [-0.3, -0.25) is 18.6 Å². The molecular weight excluding hydrogens is 1130 g/mol. The van der Waals surface area contributed by atoms with E-state index in [9.17, 15) is 19.0 Å². The lowest BCUT2D eigenvalue weighted by molar-refractivity contribution is -0.161. The molecule has 90 heavy (non-hydrogen) atoms. The van der Waals surface area contributed by atoms with Crippen molar-refractivity contribution >= 4 is 19.8 Å². The molecule has 0 saturated heterocycles. The summed E-state index contributed by atoms with van der Waals surface area (Å²) in [5.74, 6) is -0.808. The Hall–Kier alpha value is -2.81. The quantitative estimate of drug-likeness (QED) is 0.0264. The number of hydrogen-bond donors (Lipinski definition) is 2. The summed E-state index contributed by atoms with van der Waals surface area (Å²) in [7, 11) is -4.40. The zero-order chi connectivity index (χ0) is 65.1. The van der Waals surface area contributed by atoms with Gasteiger partial charge in [-0.1, -0.05) is 381 Å². The second-order valence-corrected chi connectivity index (χ2v) is 27.3. The van der Waals surface area contributed by atoms with Gasteiger partial charge in [0.15, 0.2) is 6.10 Å². The van der Waals surface area contributed by atoms with Crippen molar-refractivity contribution in [2.75, 3.05) is 26.4 Å². The van der Waals surface area contributed by atoms with Gasteiger partial charge in [-0.15, -0.1) is 0 Å². The summed E-state index contributed by atoms with van der Waals surface area (Å²) in [4.78, 5) is 35.4. The van der Waals surface area contributed by atoms with Crippen LogP contribution in [0.15, 0.2) is 85.1 Å². The maximum absolute atomic E-state index is 12.8. The minimum Gasteiger partial charge on any atom is -0.462 e. The van der Waals surface area contributed by atoms with Gasteiger partial charge in [0.2, 0.25) is 0 Å². The molecule has 9 nitrogen and oxygen atoms in total. The van der Waals surface area contributed by atoms with Crippen LogP contribution in [0.4, 0.5) is 0 Å². The average molecular weight is 1280 g/mol. The highest BCUT2D eigenvalue weighted by Crippen LogP contribution is 2.43. The molecule has 0 rings (SSSR count). The Bertz CT molecular complexity index is 1750. The Morgan fingerprint density at radius 3 is 0.911 bits per heavy atom. The third kappa shape index (κ3) is 74.2. The van der Waals surface area contributed by atoms with Crippen LogP contribution in [-0.2, 0) is 32.7 Å². The van der Waals surface area contributed by atoms with Crippen LogP contribution in [0.2, 0.25) is 0 Å². The van der Waals surface area contributed by atoms with Gasteiger partial charge >= 0.3 is 19.8 Å². The molecule has 0 heterocycles. The molecule has 2 atom stereocenters. The standard InChI is InChI=1S/C80H146NO8P/c1-3-5-7-9-11-13-15-17-19-21-23-25-27-29-31-33-35-36-37-38-39-40-41-42-43-45-47-49-51-53-55-57-59-61-63-65-67-69-71-73-80(83)89-78(77-88-90(84,85)87-75-74-81)76-86-79(82)72-70-68-66-64-62-60-58-56-54-52-50-48-46-44-34-32-30-28-26-24-22-20-18-16-14-12-10-8-6-4-2/h5,7,11,13,17,19,23,25,29,31,35-36,38-39,78H,3-4,6,8-10,12,14-16,18,20-22,24,26-28,30,32-34,37,40-77,81H2,1-2H3,(H,84,85)/b7-5-,13-11-,19-17-,25-23-,31-29-,36-35-,39-38-. The SMILES string of the molecule is CC/C=C\C/C=C\C/C=C\C/C=C\C/C=C\C/C=C\C/C=C\CCCCCCCCCCCCCCCCCCCC(=O)OC(COC(=O)CCCCCCCCCCCCCCCCCCCCCCCCCCCCCCCC)COP(=O)(O)OCCN. The molecule has 0 saturated carbocycles. The fourth-order valence-electron chi connectivity index (χ4n) is 11.4. The topological polar surface area (TPSA) is 134 Å². The number of hydrogen-bond acceptors (Lipinski definition) is 8. The Balaban J connectivity index is 3.81. The number of nitrogens with two attached hydrogens (primary N) is 1. The second-order valence-electron chi connectivity index (χ2n) is 25.9. The van der Waals surface area contributed by atoms with Crippen LogP contribution in [0.25, 0.3) is 0 Å². The molecule has 0 radical (unpaired) electrons. The molecule has 524 valence electrons. The second kappa shape index (κ2) is 75.2. The smallest absolute Gasteiger partial charge is 0.462 e. The molecule has 0 amide bonds. The molecule has 0 aliphatic rings. The first-order valence-electron chi connectivity index (χ1n) is 38.6. The van der Waals surface area contributed by atoms with Gasteiger partial charge in [0.05, 0.1) is 13.2 Å². The summed E-state index contributed by atoms with van der Waals surface area (Å²) in [5.41, 5.74) is 5.41. The molecule has 0 aromatic rings. The van der Waals surface area contributed by atoms with Crippen molar-refractivity contribution in [3.63, 3.8) is 0 Å². The molecular formula is C80H146NO8P. The summed E-state index contributed by atoms with van der Waals surface area (Å²) >= 11 is 0. The number of unbranched alkanes of at least 4 members (excludes halogenated alkanes) is 46. The number of ether oxygens (including phenoxy) is 2. The zero-order valence-electron chi connectivity index (χ0n) is 59.1. The lowest BCUT2D eigenvalue weighted by Gasteiger charge is -2.19. The van der Waals surface area contributed by atoms with E-state index < -0.39 is 26.5 Å². The molecule has 0 aromatic carbocycles. The van der Waals surface area contributed by atoms with Crippen molar-refractivity contribution < 1.29 is 37.6 Å². The van der Waals surface area contributed by atoms with Gasteiger partial charge in [-0.25, -0.2) is 4.57 Å². The Morgan fingerprint density at radius 1 is 0.344 bits per heavy atom. The first-order chi connectivity index (χ1) is 44.3. The van der Waals surface area contributed by atoms with Crippen LogP contribution in [0.5, 0.6) is 0 Å². The molecule has 0 aliphatic heterocycles. The van der Waals surface area contributed by atoms with Crippen LogP contribution in [-0.4, -0.2) is 49.3 Å². The van der Waals surface area contributed by atoms with E-state index in [2.05, 4.69) is 98.9 Å². The summed E-state index contributed by atoms with van der Waals surface area (Å²) in [6, 6.07) is 0. The molecule has 3 N–H and O–H groups in total. The van der Waals surface area contributed by atoms with Gasteiger partial charge in [0.1, 0.15) is 6.61 Å². The van der Waals surface area contributed by atoms with E-state index in [1.54, 1.807) is 0 Å². The molecule has 0 spiro atoms. The number of phosphoric acid groups is 1. The van der Waals surface area contributed by atoms with E-state index in [0.717, 1.165) is 83.5 Å². The first-order valence-corrected chi connectivity index (χ1v) is 40.1. The number of phosphoric ester groups is 1. The molecule has 0 fully saturated rings. The van der Waals surface area contributed by atoms with Gasteiger partial charge in [0, 0.05) is 19.4 Å². The van der Waals surface area contributed by atoms with E-state index in [1.165, 1.54) is 263 Å². The van der Waals surface area contributed by atoms with Crippen molar-refractivity contribution in [3.8, 4) is 0 Å². The van der Waals surface area contributed by atoms with E-state index in [1.807, 2.05) is 0 Å². The monoisotopic (exact) mass is 1280 g/mol. The zero-order valence-corrected chi connectivity index (χ0v) is 60.0. The fraction of sp³-hybridized carbons (Fsp3) is 0.800. The van der Waals surface area contributed by atoms with Crippen LogP contribution >= 0.6 is 7.82 Å². The maximum atomic E-state index is 12.8. The summed E-state index contributed by atoms with van der Waals surface area (Å²) in [6.07, 6.45) is 101. The van der Waals surface area contributed by atoms with E-state index >= 15 is 0 Å². The van der Waals surface area contributed by atoms with Crippen molar-refractivity contribution in [2.24, 2.45) is 5.73 Å². The highest BCUT2D eigenvalue weighted by molar-refractivity contribution is 7.47. The number of rotatable bonds is 73. The summed E-state index contributed by atoms with van der Waals surface area (Å²) in [6.45, 7) is 3.70. The highest BCUT2D eigenvalue weighted by Gasteiger charge is 2.26. The van der Waals surface area contributed by atoms with Gasteiger partial charge in [0.25, 0.3) is 0 Å². The highest BCUT2D eigenvalue weighted by atomic mass is 31.2. The minimum atomic E-state index is -4.40. The number of carbonyl (C=O) groups excluding carboxylic acids is 2. The third-order valence-electron chi connectivity index (χ3n) is 17.0. The lowest BCUT2D eigenvalue weighted by atomic mass is 10.0. The first kappa shape index (κ1) is 87.2. The molecule has 0 aliphatic carbocycles. The number of allylic oxidation sites excluding steroid dienone is 14. The lowest BCUT2D eigenvalue weighted by Crippen LogP contribution is -2.29. The van der Waals surface area contributed by atoms with Crippen LogP contribution in [0.1, 0.15) is 380 Å². The van der Waals surface area contributed by atoms with Crippen LogP contribution in [0, 0.1) is 0 Å². The maximum Gasteiger partial charge on any atom is 0.472 e. The minimum absolute atomic E-state index is 0.0539. The van der Waals surface area contributed by atoms with Crippen LogP contribution in [0.3, 0.4) is 0 Å². The van der Waals surface area contributed by atoms with Gasteiger partial charge in [-0.2, -0.15) is 0 Å². The summed E-state index contributed by atoms with van der Waals surface area (Å²) < 4.78 is 33.3. The van der Waals surface area contributed by atoms with Crippen molar-refractivity contribution in [3.05, 3.63) is 85.1 Å². The molecule has 0 bridgehead atoms. The fourth-order valence-corrected chi connectivity index (χ4v) is 12.2. The Kier molecular flexibility index (Phi) is 72.9. The number of esters is 2. The van der Waals surface area contributed by atoms with E-state index in [-0.39, 0.29) is 38.6 Å².